The number of aryl methyl sites for hydroxylation is 1. The number of para-hydroxylation sites is 1. The fourth-order valence-corrected chi connectivity index (χ4v) is 3.69. The van der Waals surface area contributed by atoms with Gasteiger partial charge in [0, 0.05) is 10.6 Å². The first-order valence-corrected chi connectivity index (χ1v) is 8.15. The topological polar surface area (TPSA) is 47.3 Å². The molecule has 3 N–H and O–H groups in total. The van der Waals surface area contributed by atoms with Crippen molar-refractivity contribution in [3.05, 3.63) is 59.7 Å². The smallest absolute Gasteiger partial charge is 0.133 e. The summed E-state index contributed by atoms with van der Waals surface area (Å²) in [5.74, 6) is 7.66. The molecule has 2 unspecified atom stereocenters. The van der Waals surface area contributed by atoms with Crippen molar-refractivity contribution in [2.45, 2.75) is 30.4 Å². The first-order valence-electron chi connectivity index (χ1n) is 7.17. The highest BCUT2D eigenvalue weighted by Gasteiger charge is 2.27. The van der Waals surface area contributed by atoms with Gasteiger partial charge >= 0.3 is 0 Å². The van der Waals surface area contributed by atoms with Crippen LogP contribution in [0.5, 0.6) is 5.75 Å². The monoisotopic (exact) mass is 300 g/mol. The number of hydrogen-bond acceptors (Lipinski definition) is 4. The van der Waals surface area contributed by atoms with E-state index in [4.69, 9.17) is 10.6 Å². The van der Waals surface area contributed by atoms with Crippen molar-refractivity contribution in [1.29, 1.82) is 0 Å². The highest BCUT2D eigenvalue weighted by atomic mass is 32.2. The molecule has 0 saturated carbocycles. The number of hydrogen-bond donors (Lipinski definition) is 2. The van der Waals surface area contributed by atoms with Crippen LogP contribution in [0.25, 0.3) is 0 Å². The Bertz CT molecular complexity index is 617. The Kier molecular flexibility index (Phi) is 4.48. The molecule has 4 heteroatoms. The summed E-state index contributed by atoms with van der Waals surface area (Å²) in [5, 5.41) is 0. The Labute approximate surface area is 129 Å². The van der Waals surface area contributed by atoms with Crippen LogP contribution in [-0.4, -0.2) is 17.9 Å². The van der Waals surface area contributed by atoms with E-state index in [1.807, 2.05) is 30.0 Å². The molecular formula is C17H20N2OS. The average molecular weight is 300 g/mol. The van der Waals surface area contributed by atoms with Gasteiger partial charge in [-0.25, -0.2) is 0 Å². The molecule has 0 fully saturated rings. The van der Waals surface area contributed by atoms with Crippen LogP contribution in [0.3, 0.4) is 0 Å². The first kappa shape index (κ1) is 14.4. The van der Waals surface area contributed by atoms with Crippen LogP contribution in [0, 0.1) is 6.92 Å². The molecule has 2 aromatic rings. The standard InChI is InChI=1S/C17H20N2OS/c1-12-6-2-3-7-13(12)10-14(19-18)16-11-21-17-9-5-4-8-15(17)20-16/h2-9,14,16,19H,10-11,18H2,1H3. The summed E-state index contributed by atoms with van der Waals surface area (Å²) in [4.78, 5) is 1.21. The van der Waals surface area contributed by atoms with Crippen LogP contribution in [-0.2, 0) is 6.42 Å². The van der Waals surface area contributed by atoms with E-state index >= 15 is 0 Å². The van der Waals surface area contributed by atoms with Gasteiger partial charge in [0.05, 0.1) is 6.04 Å². The van der Waals surface area contributed by atoms with Gasteiger partial charge < -0.3 is 4.74 Å². The van der Waals surface area contributed by atoms with Crippen molar-refractivity contribution in [3.63, 3.8) is 0 Å². The summed E-state index contributed by atoms with van der Waals surface area (Å²) in [6.45, 7) is 2.13. The number of fused-ring (bicyclic) bond motifs is 1. The molecule has 0 spiro atoms. The van der Waals surface area contributed by atoms with Gasteiger partial charge in [-0.05, 0) is 36.6 Å². The minimum Gasteiger partial charge on any atom is -0.487 e. The third kappa shape index (κ3) is 3.23. The number of nitrogens with two attached hydrogens (primary N) is 1. The Morgan fingerprint density at radius 1 is 1.24 bits per heavy atom. The summed E-state index contributed by atoms with van der Waals surface area (Å²) in [5.41, 5.74) is 5.55. The number of hydrazine groups is 1. The lowest BCUT2D eigenvalue weighted by Crippen LogP contribution is -2.50. The van der Waals surface area contributed by atoms with E-state index in [0.717, 1.165) is 17.9 Å². The van der Waals surface area contributed by atoms with Gasteiger partial charge in [0.2, 0.25) is 0 Å². The Hall–Kier alpha value is -1.49. The van der Waals surface area contributed by atoms with E-state index in [-0.39, 0.29) is 12.1 Å². The van der Waals surface area contributed by atoms with Gasteiger partial charge in [0.1, 0.15) is 11.9 Å². The van der Waals surface area contributed by atoms with Crippen LogP contribution in [0.4, 0.5) is 0 Å². The van der Waals surface area contributed by atoms with Crippen LogP contribution in [0.2, 0.25) is 0 Å². The molecule has 3 nitrogen and oxygen atoms in total. The predicted molar refractivity (Wildman–Crippen MR) is 87.6 cm³/mol. The molecule has 1 aliphatic heterocycles. The van der Waals surface area contributed by atoms with Crippen LogP contribution in [0.1, 0.15) is 11.1 Å². The van der Waals surface area contributed by atoms with E-state index in [0.29, 0.717) is 0 Å². The fraction of sp³-hybridized carbons (Fsp3) is 0.294. The van der Waals surface area contributed by atoms with Crippen molar-refractivity contribution in [3.8, 4) is 5.75 Å². The van der Waals surface area contributed by atoms with Crippen LogP contribution >= 0.6 is 11.8 Å². The molecule has 0 amide bonds. The molecule has 3 rings (SSSR count). The zero-order valence-corrected chi connectivity index (χ0v) is 12.9. The second-order valence-corrected chi connectivity index (χ2v) is 6.38. The predicted octanol–water partition coefficient (Wildman–Crippen LogP) is 2.92. The van der Waals surface area contributed by atoms with Gasteiger partial charge in [-0.3, -0.25) is 11.3 Å². The minimum absolute atomic E-state index is 0.0782. The molecule has 0 saturated heterocycles. The highest BCUT2D eigenvalue weighted by molar-refractivity contribution is 7.99. The molecular weight excluding hydrogens is 280 g/mol. The minimum atomic E-state index is 0.0782. The van der Waals surface area contributed by atoms with E-state index in [1.165, 1.54) is 16.0 Å². The zero-order chi connectivity index (χ0) is 14.7. The maximum absolute atomic E-state index is 6.13. The summed E-state index contributed by atoms with van der Waals surface area (Å²) < 4.78 is 6.13. The van der Waals surface area contributed by atoms with Gasteiger partial charge in [-0.15, -0.1) is 11.8 Å². The molecule has 0 aromatic heterocycles. The molecule has 21 heavy (non-hydrogen) atoms. The van der Waals surface area contributed by atoms with Gasteiger partial charge in [-0.2, -0.15) is 0 Å². The van der Waals surface area contributed by atoms with Gasteiger partial charge in [-0.1, -0.05) is 36.4 Å². The van der Waals surface area contributed by atoms with Crippen molar-refractivity contribution in [2.24, 2.45) is 5.84 Å². The maximum Gasteiger partial charge on any atom is 0.133 e. The Morgan fingerprint density at radius 2 is 2.00 bits per heavy atom. The second-order valence-electron chi connectivity index (χ2n) is 5.32. The van der Waals surface area contributed by atoms with Crippen molar-refractivity contribution in [2.75, 3.05) is 5.75 Å². The van der Waals surface area contributed by atoms with Crippen molar-refractivity contribution in [1.82, 2.24) is 5.43 Å². The van der Waals surface area contributed by atoms with Crippen LogP contribution in [0.15, 0.2) is 53.4 Å². The largest absolute Gasteiger partial charge is 0.487 e. The van der Waals surface area contributed by atoms with Crippen LogP contribution < -0.4 is 16.0 Å². The Balaban J connectivity index is 1.74. The van der Waals surface area contributed by atoms with Gasteiger partial charge in [0.25, 0.3) is 0 Å². The number of benzene rings is 2. The third-order valence-corrected chi connectivity index (χ3v) is 5.04. The quantitative estimate of drug-likeness (QED) is 0.673. The second kappa shape index (κ2) is 6.52. The lowest BCUT2D eigenvalue weighted by molar-refractivity contribution is 0.165. The summed E-state index contributed by atoms with van der Waals surface area (Å²) in [6.07, 6.45) is 0.950. The molecule has 0 aliphatic carbocycles. The van der Waals surface area contributed by atoms with Gasteiger partial charge in [0.15, 0.2) is 0 Å². The molecule has 0 radical (unpaired) electrons. The van der Waals surface area contributed by atoms with Crippen molar-refractivity contribution >= 4 is 11.8 Å². The SMILES string of the molecule is Cc1ccccc1CC(NN)C1CSc2ccccc2O1. The molecule has 2 atom stereocenters. The number of nitrogens with one attached hydrogen (secondary N) is 1. The molecule has 1 heterocycles. The average Bonchev–Trinajstić information content (AvgIpc) is 2.54. The Morgan fingerprint density at radius 3 is 2.81 bits per heavy atom. The summed E-state index contributed by atoms with van der Waals surface area (Å²) >= 11 is 1.83. The van der Waals surface area contributed by atoms with E-state index in [9.17, 15) is 0 Å². The molecule has 2 aromatic carbocycles. The maximum atomic E-state index is 6.13. The third-order valence-electron chi connectivity index (χ3n) is 3.89. The summed E-state index contributed by atoms with van der Waals surface area (Å²) in [7, 11) is 0. The summed E-state index contributed by atoms with van der Waals surface area (Å²) in [6, 6.07) is 16.7. The number of thioether (sulfide) groups is 1. The zero-order valence-electron chi connectivity index (χ0n) is 12.1. The van der Waals surface area contributed by atoms with E-state index in [1.54, 1.807) is 0 Å². The fourth-order valence-electron chi connectivity index (χ4n) is 2.61. The van der Waals surface area contributed by atoms with E-state index in [2.05, 4.69) is 42.7 Å². The highest BCUT2D eigenvalue weighted by Crippen LogP contribution is 2.36. The first-order chi connectivity index (χ1) is 10.3. The molecule has 0 bridgehead atoms. The lowest BCUT2D eigenvalue weighted by atomic mass is 9.98. The normalized spacial score (nSPS) is 18.7. The van der Waals surface area contributed by atoms with Crippen molar-refractivity contribution < 1.29 is 4.74 Å². The number of rotatable bonds is 4. The number of ether oxygens (including phenoxy) is 1. The van der Waals surface area contributed by atoms with E-state index < -0.39 is 0 Å². The lowest BCUT2D eigenvalue weighted by Gasteiger charge is -2.31. The molecule has 1 aliphatic rings. The molecule has 110 valence electrons.